The number of benzene rings is 1. The van der Waals surface area contributed by atoms with Gasteiger partial charge in [-0.2, -0.15) is 11.3 Å². The van der Waals surface area contributed by atoms with Crippen LogP contribution in [0.15, 0.2) is 35.0 Å². The van der Waals surface area contributed by atoms with Crippen molar-refractivity contribution in [3.05, 3.63) is 46.2 Å². The van der Waals surface area contributed by atoms with Gasteiger partial charge in [-0.15, -0.1) is 0 Å². The molecule has 5 nitrogen and oxygen atoms in total. The van der Waals surface area contributed by atoms with Crippen LogP contribution in [0.5, 0.6) is 11.5 Å². The molecular formula is C18H22N2O3S. The van der Waals surface area contributed by atoms with Crippen LogP contribution in [-0.2, 0) is 6.54 Å². The predicted octanol–water partition coefficient (Wildman–Crippen LogP) is 3.81. The van der Waals surface area contributed by atoms with E-state index in [4.69, 9.17) is 9.47 Å². The zero-order chi connectivity index (χ0) is 16.9. The number of amides is 2. The van der Waals surface area contributed by atoms with Crippen LogP contribution in [-0.4, -0.2) is 31.7 Å². The van der Waals surface area contributed by atoms with Crippen molar-refractivity contribution < 1.29 is 14.3 Å². The van der Waals surface area contributed by atoms with E-state index in [1.807, 2.05) is 23.1 Å². The summed E-state index contributed by atoms with van der Waals surface area (Å²) >= 11 is 1.67. The molecule has 1 N–H and O–H groups in total. The molecule has 2 aromatic rings. The monoisotopic (exact) mass is 346 g/mol. The molecule has 1 aliphatic heterocycles. The number of nitrogens with zero attached hydrogens (tertiary/aromatic N) is 1. The van der Waals surface area contributed by atoms with Crippen LogP contribution in [0.3, 0.4) is 0 Å². The van der Waals surface area contributed by atoms with E-state index >= 15 is 0 Å². The Morgan fingerprint density at radius 3 is 2.83 bits per heavy atom. The number of hydrogen-bond acceptors (Lipinski definition) is 4. The molecule has 0 bridgehead atoms. The summed E-state index contributed by atoms with van der Waals surface area (Å²) in [5.41, 5.74) is 2.21. The third-order valence-electron chi connectivity index (χ3n) is 4.33. The number of carbonyl (C=O) groups excluding carboxylic acids is 1. The Kier molecular flexibility index (Phi) is 5.25. The quantitative estimate of drug-likeness (QED) is 0.895. The lowest BCUT2D eigenvalue weighted by atomic mass is 10.1. The van der Waals surface area contributed by atoms with E-state index in [1.54, 1.807) is 25.6 Å². The Balaban J connectivity index is 1.63. The second kappa shape index (κ2) is 7.57. The molecule has 0 unspecified atom stereocenters. The van der Waals surface area contributed by atoms with Gasteiger partial charge in [0.1, 0.15) is 0 Å². The standard InChI is InChI=1S/C18H22N2O3S/c1-22-16-6-5-13(10-17(16)23-2)11-19-18(21)20-8-3-4-15(20)14-7-9-24-12-14/h5-7,9-10,12,15H,3-4,8,11H2,1-2H3,(H,19,21)/t15-/m1/s1. The Morgan fingerprint density at radius 2 is 2.12 bits per heavy atom. The number of likely N-dealkylation sites (tertiary alicyclic amines) is 1. The Morgan fingerprint density at radius 1 is 1.29 bits per heavy atom. The van der Waals surface area contributed by atoms with E-state index in [1.165, 1.54) is 5.56 Å². The number of nitrogens with one attached hydrogen (secondary N) is 1. The van der Waals surface area contributed by atoms with Gasteiger partial charge in [0.2, 0.25) is 0 Å². The van der Waals surface area contributed by atoms with Gasteiger partial charge in [0.15, 0.2) is 11.5 Å². The minimum Gasteiger partial charge on any atom is -0.493 e. The summed E-state index contributed by atoms with van der Waals surface area (Å²) < 4.78 is 10.5. The van der Waals surface area contributed by atoms with Crippen LogP contribution in [0.25, 0.3) is 0 Å². The fourth-order valence-electron chi connectivity index (χ4n) is 3.09. The summed E-state index contributed by atoms with van der Waals surface area (Å²) in [5.74, 6) is 1.35. The highest BCUT2D eigenvalue weighted by atomic mass is 32.1. The van der Waals surface area contributed by atoms with Gasteiger partial charge >= 0.3 is 6.03 Å². The average molecular weight is 346 g/mol. The molecule has 1 saturated heterocycles. The zero-order valence-electron chi connectivity index (χ0n) is 14.0. The molecule has 0 radical (unpaired) electrons. The van der Waals surface area contributed by atoms with Crippen molar-refractivity contribution in [1.82, 2.24) is 10.2 Å². The maximum absolute atomic E-state index is 12.6. The van der Waals surface area contributed by atoms with Gasteiger partial charge in [0, 0.05) is 13.1 Å². The van der Waals surface area contributed by atoms with Gasteiger partial charge in [-0.3, -0.25) is 0 Å². The van der Waals surface area contributed by atoms with Crippen molar-refractivity contribution in [2.45, 2.75) is 25.4 Å². The molecule has 2 heterocycles. The largest absolute Gasteiger partial charge is 0.493 e. The first-order valence-electron chi connectivity index (χ1n) is 8.00. The van der Waals surface area contributed by atoms with Gasteiger partial charge in [0.05, 0.1) is 20.3 Å². The van der Waals surface area contributed by atoms with Gasteiger partial charge in [-0.1, -0.05) is 6.07 Å². The molecule has 1 aromatic carbocycles. The highest BCUT2D eigenvalue weighted by molar-refractivity contribution is 7.07. The van der Waals surface area contributed by atoms with Crippen LogP contribution in [0.2, 0.25) is 0 Å². The van der Waals surface area contributed by atoms with E-state index < -0.39 is 0 Å². The lowest BCUT2D eigenvalue weighted by Crippen LogP contribution is -2.39. The average Bonchev–Trinajstić information content (AvgIpc) is 3.29. The van der Waals surface area contributed by atoms with Gasteiger partial charge < -0.3 is 19.7 Å². The minimum atomic E-state index is -0.0153. The second-order valence-corrected chi connectivity index (χ2v) is 6.54. The van der Waals surface area contributed by atoms with Crippen LogP contribution in [0.4, 0.5) is 4.79 Å². The molecule has 2 amide bonds. The fourth-order valence-corrected chi connectivity index (χ4v) is 3.80. The minimum absolute atomic E-state index is 0.0153. The number of carbonyl (C=O) groups is 1. The fraction of sp³-hybridized carbons (Fsp3) is 0.389. The van der Waals surface area contributed by atoms with Crippen molar-refractivity contribution in [2.75, 3.05) is 20.8 Å². The van der Waals surface area contributed by atoms with Crippen LogP contribution < -0.4 is 14.8 Å². The van der Waals surface area contributed by atoms with Crippen molar-refractivity contribution in [1.29, 1.82) is 0 Å². The molecule has 1 fully saturated rings. The third kappa shape index (κ3) is 3.48. The van der Waals surface area contributed by atoms with E-state index in [0.717, 1.165) is 24.9 Å². The lowest BCUT2D eigenvalue weighted by molar-refractivity contribution is 0.192. The van der Waals surface area contributed by atoms with Crippen molar-refractivity contribution in [3.8, 4) is 11.5 Å². The van der Waals surface area contributed by atoms with Crippen molar-refractivity contribution >= 4 is 17.4 Å². The van der Waals surface area contributed by atoms with Gasteiger partial charge in [-0.25, -0.2) is 4.79 Å². The molecule has 1 aliphatic rings. The number of thiophene rings is 1. The third-order valence-corrected chi connectivity index (χ3v) is 5.03. The molecule has 128 valence electrons. The molecular weight excluding hydrogens is 324 g/mol. The Hall–Kier alpha value is -2.21. The number of hydrogen-bond donors (Lipinski definition) is 1. The second-order valence-electron chi connectivity index (χ2n) is 5.76. The maximum atomic E-state index is 12.6. The molecule has 1 aromatic heterocycles. The van der Waals surface area contributed by atoms with Crippen LogP contribution in [0, 0.1) is 0 Å². The molecule has 6 heteroatoms. The lowest BCUT2D eigenvalue weighted by Gasteiger charge is -2.24. The molecule has 3 rings (SSSR count). The summed E-state index contributed by atoms with van der Waals surface area (Å²) in [5, 5.41) is 7.21. The van der Waals surface area contributed by atoms with Crippen LogP contribution >= 0.6 is 11.3 Å². The van der Waals surface area contributed by atoms with Crippen LogP contribution in [0.1, 0.15) is 30.0 Å². The summed E-state index contributed by atoms with van der Waals surface area (Å²) in [6, 6.07) is 7.96. The van der Waals surface area contributed by atoms with Crippen molar-refractivity contribution in [3.63, 3.8) is 0 Å². The molecule has 1 atom stereocenters. The summed E-state index contributed by atoms with van der Waals surface area (Å²) in [4.78, 5) is 14.5. The molecule has 0 spiro atoms. The first kappa shape index (κ1) is 16.6. The number of urea groups is 1. The SMILES string of the molecule is COc1ccc(CNC(=O)N2CCC[C@@H]2c2ccsc2)cc1OC. The number of rotatable bonds is 5. The number of ether oxygens (including phenoxy) is 2. The highest BCUT2D eigenvalue weighted by Crippen LogP contribution is 2.33. The van der Waals surface area contributed by atoms with E-state index in [-0.39, 0.29) is 12.1 Å². The first-order chi connectivity index (χ1) is 11.7. The first-order valence-corrected chi connectivity index (χ1v) is 8.94. The van der Waals surface area contributed by atoms with E-state index in [9.17, 15) is 4.79 Å². The summed E-state index contributed by atoms with van der Waals surface area (Å²) in [7, 11) is 3.22. The molecule has 0 aliphatic carbocycles. The predicted molar refractivity (Wildman–Crippen MR) is 94.8 cm³/mol. The molecule has 24 heavy (non-hydrogen) atoms. The Labute approximate surface area is 146 Å². The topological polar surface area (TPSA) is 50.8 Å². The van der Waals surface area contributed by atoms with E-state index in [0.29, 0.717) is 18.0 Å². The van der Waals surface area contributed by atoms with E-state index in [2.05, 4.69) is 22.1 Å². The smallest absolute Gasteiger partial charge is 0.318 e. The summed E-state index contributed by atoms with van der Waals surface area (Å²) in [6.07, 6.45) is 2.07. The molecule has 0 saturated carbocycles. The Bertz CT molecular complexity index is 688. The van der Waals surface area contributed by atoms with Gasteiger partial charge in [0.25, 0.3) is 0 Å². The highest BCUT2D eigenvalue weighted by Gasteiger charge is 2.29. The maximum Gasteiger partial charge on any atom is 0.318 e. The van der Waals surface area contributed by atoms with Gasteiger partial charge in [-0.05, 0) is 52.9 Å². The summed E-state index contributed by atoms with van der Waals surface area (Å²) in [6.45, 7) is 1.27. The normalized spacial score (nSPS) is 16.9. The number of methoxy groups -OCH3 is 2. The zero-order valence-corrected chi connectivity index (χ0v) is 14.8. The van der Waals surface area contributed by atoms with Crippen molar-refractivity contribution in [2.24, 2.45) is 0 Å².